The van der Waals surface area contributed by atoms with Crippen molar-refractivity contribution in [2.75, 3.05) is 11.1 Å². The number of amides is 1. The van der Waals surface area contributed by atoms with E-state index >= 15 is 0 Å². The van der Waals surface area contributed by atoms with Crippen molar-refractivity contribution in [3.05, 3.63) is 88.5 Å². The molecule has 1 amide bonds. The van der Waals surface area contributed by atoms with Gasteiger partial charge in [-0.1, -0.05) is 44.2 Å². The molecule has 0 atom stereocenters. The van der Waals surface area contributed by atoms with E-state index < -0.39 is 10.0 Å². The van der Waals surface area contributed by atoms with Crippen molar-refractivity contribution in [3.63, 3.8) is 0 Å². The van der Waals surface area contributed by atoms with Gasteiger partial charge in [0.2, 0.25) is 15.9 Å². The first kappa shape index (κ1) is 24.2. The Hall–Kier alpha value is -3.49. The second-order valence-electron chi connectivity index (χ2n) is 7.74. The molecule has 0 unspecified atom stereocenters. The van der Waals surface area contributed by atoms with Crippen molar-refractivity contribution in [2.24, 2.45) is 5.14 Å². The summed E-state index contributed by atoms with van der Waals surface area (Å²) in [7, 11) is -3.90. The lowest BCUT2D eigenvalue weighted by atomic mass is 9.95. The van der Waals surface area contributed by atoms with Crippen LogP contribution in [0.15, 0.2) is 65.6 Å². The van der Waals surface area contributed by atoms with Crippen LogP contribution >= 0.6 is 0 Å². The van der Waals surface area contributed by atoms with Gasteiger partial charge >= 0.3 is 0 Å². The standard InChI is InChI=1S/C25H28N4O3S/c1-3-16-7-5-8-17(4-2)21(16)15-24(30)29-19-11-12-23(26)22(14-19)25(27)18-9-6-10-20(13-18)33(28,31)32/h5-14,27H,3-4,15,26H2,1-2H3,(H,29,30)(H2,28,31,32). The number of aryl methyl sites for hydroxylation is 2. The van der Waals surface area contributed by atoms with Gasteiger partial charge in [-0.05, 0) is 59.9 Å². The molecule has 0 saturated carbocycles. The molecule has 0 aliphatic carbocycles. The van der Waals surface area contributed by atoms with E-state index in [0.717, 1.165) is 29.5 Å². The van der Waals surface area contributed by atoms with Crippen LogP contribution < -0.4 is 16.2 Å². The van der Waals surface area contributed by atoms with Crippen molar-refractivity contribution in [1.82, 2.24) is 0 Å². The summed E-state index contributed by atoms with van der Waals surface area (Å²) in [6, 6.07) is 16.8. The summed E-state index contributed by atoms with van der Waals surface area (Å²) in [5, 5.41) is 16.7. The minimum absolute atomic E-state index is 0.0266. The predicted octanol–water partition coefficient (Wildman–Crippen LogP) is 3.64. The Morgan fingerprint density at radius 2 is 1.61 bits per heavy atom. The second kappa shape index (κ2) is 9.97. The number of hydrogen-bond acceptors (Lipinski definition) is 5. The Bertz CT molecular complexity index is 1290. The highest BCUT2D eigenvalue weighted by molar-refractivity contribution is 7.89. The molecule has 6 N–H and O–H groups in total. The normalized spacial score (nSPS) is 11.2. The molecule has 0 aliphatic rings. The molecule has 7 nitrogen and oxygen atoms in total. The number of nitrogens with one attached hydrogen (secondary N) is 2. The fraction of sp³-hybridized carbons (Fsp3) is 0.200. The Morgan fingerprint density at radius 3 is 2.21 bits per heavy atom. The molecule has 8 heteroatoms. The zero-order valence-corrected chi connectivity index (χ0v) is 19.5. The van der Waals surface area contributed by atoms with Gasteiger partial charge in [0.05, 0.1) is 17.0 Å². The maximum Gasteiger partial charge on any atom is 0.238 e. The van der Waals surface area contributed by atoms with Gasteiger partial charge in [0, 0.05) is 22.5 Å². The van der Waals surface area contributed by atoms with Gasteiger partial charge in [0.1, 0.15) is 0 Å². The first-order valence-corrected chi connectivity index (χ1v) is 12.2. The summed E-state index contributed by atoms with van der Waals surface area (Å²) >= 11 is 0. The molecule has 0 spiro atoms. The molecular weight excluding hydrogens is 436 g/mol. The van der Waals surface area contributed by atoms with Crippen LogP contribution in [0.1, 0.15) is 41.7 Å². The fourth-order valence-electron chi connectivity index (χ4n) is 3.78. The molecule has 0 aromatic heterocycles. The van der Waals surface area contributed by atoms with Crippen molar-refractivity contribution in [2.45, 2.75) is 38.0 Å². The summed E-state index contributed by atoms with van der Waals surface area (Å²) in [4.78, 5) is 12.7. The van der Waals surface area contributed by atoms with Crippen LogP contribution in [0.25, 0.3) is 0 Å². The number of carbonyl (C=O) groups excluding carboxylic acids is 1. The van der Waals surface area contributed by atoms with Gasteiger partial charge in [0.15, 0.2) is 0 Å². The molecule has 0 radical (unpaired) electrons. The number of rotatable bonds is 8. The number of nitrogen functional groups attached to an aromatic ring is 1. The maximum atomic E-state index is 12.8. The lowest BCUT2D eigenvalue weighted by Crippen LogP contribution is -2.17. The van der Waals surface area contributed by atoms with E-state index in [1.165, 1.54) is 18.2 Å². The van der Waals surface area contributed by atoms with Crippen LogP contribution in [0, 0.1) is 5.41 Å². The number of carbonyl (C=O) groups is 1. The molecule has 0 aliphatic heterocycles. The van der Waals surface area contributed by atoms with Crippen molar-refractivity contribution in [1.29, 1.82) is 5.41 Å². The SMILES string of the molecule is CCc1cccc(CC)c1CC(=O)Nc1ccc(N)c(C(=N)c2cccc(S(N)(=O)=O)c2)c1. The lowest BCUT2D eigenvalue weighted by molar-refractivity contribution is -0.115. The van der Waals surface area contributed by atoms with Crippen molar-refractivity contribution >= 4 is 33.0 Å². The highest BCUT2D eigenvalue weighted by Gasteiger charge is 2.15. The van der Waals surface area contributed by atoms with E-state index in [4.69, 9.17) is 16.3 Å². The molecule has 0 bridgehead atoms. The van der Waals surface area contributed by atoms with E-state index in [0.29, 0.717) is 22.5 Å². The number of sulfonamides is 1. The summed E-state index contributed by atoms with van der Waals surface area (Å²) in [6.45, 7) is 4.14. The average molecular weight is 465 g/mol. The first-order valence-electron chi connectivity index (χ1n) is 10.6. The third kappa shape index (κ3) is 5.66. The molecule has 3 rings (SSSR count). The van der Waals surface area contributed by atoms with Gasteiger partial charge < -0.3 is 11.1 Å². The molecule has 3 aromatic rings. The molecular formula is C25H28N4O3S. The molecule has 3 aromatic carbocycles. The highest BCUT2D eigenvalue weighted by Crippen LogP contribution is 2.23. The number of nitrogens with two attached hydrogens (primary N) is 2. The van der Waals surface area contributed by atoms with Crippen LogP contribution in [0.2, 0.25) is 0 Å². The molecule has 172 valence electrons. The van der Waals surface area contributed by atoms with Gasteiger partial charge in [-0.3, -0.25) is 10.2 Å². The molecule has 0 heterocycles. The molecule has 33 heavy (non-hydrogen) atoms. The van der Waals surface area contributed by atoms with E-state index in [-0.39, 0.29) is 22.9 Å². The smallest absolute Gasteiger partial charge is 0.238 e. The van der Waals surface area contributed by atoms with Gasteiger partial charge in [-0.2, -0.15) is 0 Å². The van der Waals surface area contributed by atoms with E-state index in [1.807, 2.05) is 18.2 Å². The van der Waals surface area contributed by atoms with Crippen LogP contribution in [-0.2, 0) is 34.1 Å². The largest absolute Gasteiger partial charge is 0.398 e. The Balaban J connectivity index is 1.86. The van der Waals surface area contributed by atoms with Gasteiger partial charge in [0.25, 0.3) is 0 Å². The van der Waals surface area contributed by atoms with Crippen LogP contribution in [-0.4, -0.2) is 20.0 Å². The second-order valence-corrected chi connectivity index (χ2v) is 9.30. The summed E-state index contributed by atoms with van der Waals surface area (Å²) in [5.74, 6) is -0.163. The van der Waals surface area contributed by atoms with E-state index in [9.17, 15) is 13.2 Å². The molecule has 0 saturated heterocycles. The number of anilines is 2. The summed E-state index contributed by atoms with van der Waals surface area (Å²) in [5.41, 5.74) is 11.0. The Kier molecular flexibility index (Phi) is 7.30. The summed E-state index contributed by atoms with van der Waals surface area (Å²) in [6.07, 6.45) is 1.94. The monoisotopic (exact) mass is 464 g/mol. The Labute approximate surface area is 194 Å². The first-order chi connectivity index (χ1) is 15.6. The van der Waals surface area contributed by atoms with Crippen LogP contribution in [0.3, 0.4) is 0 Å². The highest BCUT2D eigenvalue weighted by atomic mass is 32.2. The number of benzene rings is 3. The zero-order chi connectivity index (χ0) is 24.2. The van der Waals surface area contributed by atoms with Crippen molar-refractivity contribution < 1.29 is 13.2 Å². The molecule has 0 fully saturated rings. The topological polar surface area (TPSA) is 139 Å². The van der Waals surface area contributed by atoms with Crippen molar-refractivity contribution in [3.8, 4) is 0 Å². The Morgan fingerprint density at radius 1 is 0.970 bits per heavy atom. The predicted molar refractivity (Wildman–Crippen MR) is 132 cm³/mol. The quantitative estimate of drug-likeness (QED) is 0.298. The maximum absolute atomic E-state index is 12.8. The van der Waals surface area contributed by atoms with Gasteiger partial charge in [-0.25, -0.2) is 13.6 Å². The third-order valence-electron chi connectivity index (χ3n) is 5.53. The lowest BCUT2D eigenvalue weighted by Gasteiger charge is -2.14. The fourth-order valence-corrected chi connectivity index (χ4v) is 4.34. The average Bonchev–Trinajstić information content (AvgIpc) is 2.79. The zero-order valence-electron chi connectivity index (χ0n) is 18.7. The number of primary sulfonamides is 1. The van der Waals surface area contributed by atoms with E-state index in [2.05, 4.69) is 19.2 Å². The third-order valence-corrected chi connectivity index (χ3v) is 6.44. The van der Waals surface area contributed by atoms with E-state index in [1.54, 1.807) is 24.3 Å². The minimum atomic E-state index is -3.90. The van der Waals surface area contributed by atoms with Crippen LogP contribution in [0.4, 0.5) is 11.4 Å². The van der Waals surface area contributed by atoms with Gasteiger partial charge in [-0.15, -0.1) is 0 Å². The van der Waals surface area contributed by atoms with Crippen LogP contribution in [0.5, 0.6) is 0 Å². The number of hydrogen-bond donors (Lipinski definition) is 4. The summed E-state index contributed by atoms with van der Waals surface area (Å²) < 4.78 is 23.3. The minimum Gasteiger partial charge on any atom is -0.398 e.